The van der Waals surface area contributed by atoms with Crippen molar-refractivity contribution in [3.63, 3.8) is 0 Å². The van der Waals surface area contributed by atoms with Gasteiger partial charge in [-0.3, -0.25) is 14.3 Å². The van der Waals surface area contributed by atoms with E-state index in [0.717, 1.165) is 35.9 Å². The van der Waals surface area contributed by atoms with Gasteiger partial charge in [0.15, 0.2) is 5.82 Å². The molecule has 0 radical (unpaired) electrons. The van der Waals surface area contributed by atoms with Crippen LogP contribution in [0.5, 0.6) is 11.6 Å². The van der Waals surface area contributed by atoms with Crippen LogP contribution in [-0.2, 0) is 11.3 Å². The Hall–Kier alpha value is -4.27. The third kappa shape index (κ3) is 5.05. The van der Waals surface area contributed by atoms with Crippen LogP contribution in [-0.4, -0.2) is 43.0 Å². The maximum absolute atomic E-state index is 13.3. The Balaban J connectivity index is 1.32. The van der Waals surface area contributed by atoms with E-state index in [9.17, 15) is 9.59 Å². The second-order valence-corrected chi connectivity index (χ2v) is 8.97. The number of para-hydroxylation sites is 1. The van der Waals surface area contributed by atoms with Gasteiger partial charge in [-0.25, -0.2) is 4.98 Å². The van der Waals surface area contributed by atoms with E-state index in [1.165, 1.54) is 0 Å². The third-order valence-corrected chi connectivity index (χ3v) is 6.42. The molecule has 1 fully saturated rings. The number of piperidine rings is 1. The first kappa shape index (κ1) is 23.5. The monoisotopic (exact) mass is 484 g/mol. The fraction of sp³-hybridized carbons (Fsp3) is 0.296. The first-order chi connectivity index (χ1) is 17.5. The summed E-state index contributed by atoms with van der Waals surface area (Å²) in [5.41, 5.74) is 7.49. The molecule has 0 unspecified atom stereocenters. The lowest BCUT2D eigenvalue weighted by Gasteiger charge is -2.35. The van der Waals surface area contributed by atoms with Crippen molar-refractivity contribution in [2.24, 2.45) is 5.73 Å². The van der Waals surface area contributed by atoms with Crippen LogP contribution in [0.15, 0.2) is 60.8 Å². The number of rotatable bonds is 7. The second-order valence-electron chi connectivity index (χ2n) is 8.97. The number of nitrogens with two attached hydrogens (primary N) is 1. The molecule has 4 aromatic rings. The molecule has 9 nitrogen and oxygen atoms in total. The van der Waals surface area contributed by atoms with Gasteiger partial charge in [-0.2, -0.15) is 10.1 Å². The molecule has 0 saturated carbocycles. The molecule has 1 atom stereocenters. The summed E-state index contributed by atoms with van der Waals surface area (Å²) < 4.78 is 7.82. The zero-order chi connectivity index (χ0) is 25.1. The van der Waals surface area contributed by atoms with Gasteiger partial charge in [0.05, 0.1) is 24.3 Å². The summed E-state index contributed by atoms with van der Waals surface area (Å²) in [6.07, 6.45) is 4.93. The van der Waals surface area contributed by atoms with Crippen LogP contribution in [0.1, 0.15) is 53.6 Å². The minimum atomic E-state index is -0.496. The van der Waals surface area contributed by atoms with Gasteiger partial charge in [0.25, 0.3) is 0 Å². The molecule has 9 heteroatoms. The van der Waals surface area contributed by atoms with Gasteiger partial charge >= 0.3 is 0 Å². The summed E-state index contributed by atoms with van der Waals surface area (Å²) >= 11 is 0. The minimum Gasteiger partial charge on any atom is -0.439 e. The van der Waals surface area contributed by atoms with Gasteiger partial charge in [0.1, 0.15) is 5.75 Å². The number of carbonyl (C=O) groups is 2. The largest absolute Gasteiger partial charge is 0.439 e. The minimum absolute atomic E-state index is 0.0638. The van der Waals surface area contributed by atoms with Crippen molar-refractivity contribution < 1.29 is 14.3 Å². The SMILES string of the molecule is Cc1cc(Oc2ccc(C(N)=O)cc2)nc([C@H]2CCCCN2C(=O)CCn2ncc3ccccc32)n1. The van der Waals surface area contributed by atoms with E-state index in [1.807, 2.05) is 47.0 Å². The number of hydrogen-bond donors (Lipinski definition) is 1. The average molecular weight is 485 g/mol. The molecule has 1 aliphatic heterocycles. The maximum atomic E-state index is 13.3. The third-order valence-electron chi connectivity index (χ3n) is 6.42. The lowest BCUT2D eigenvalue weighted by Crippen LogP contribution is -2.39. The highest BCUT2D eigenvalue weighted by atomic mass is 16.5. The van der Waals surface area contributed by atoms with Crippen LogP contribution < -0.4 is 10.5 Å². The van der Waals surface area contributed by atoms with E-state index in [2.05, 4.69) is 15.1 Å². The van der Waals surface area contributed by atoms with E-state index >= 15 is 0 Å². The highest BCUT2D eigenvalue weighted by Gasteiger charge is 2.30. The number of hydrogen-bond acceptors (Lipinski definition) is 6. The number of benzene rings is 2. The maximum Gasteiger partial charge on any atom is 0.248 e. The number of ether oxygens (including phenoxy) is 1. The van der Waals surface area contributed by atoms with Crippen LogP contribution >= 0.6 is 0 Å². The number of nitrogens with zero attached hydrogens (tertiary/aromatic N) is 5. The molecule has 1 saturated heterocycles. The summed E-state index contributed by atoms with van der Waals surface area (Å²) in [4.78, 5) is 35.8. The summed E-state index contributed by atoms with van der Waals surface area (Å²) in [7, 11) is 0. The van der Waals surface area contributed by atoms with Gasteiger partial charge in [-0.05, 0) is 56.5 Å². The number of aromatic nitrogens is 4. The molecule has 0 bridgehead atoms. The Morgan fingerprint density at radius 1 is 1.08 bits per heavy atom. The lowest BCUT2D eigenvalue weighted by molar-refractivity contribution is -0.135. The fourth-order valence-corrected chi connectivity index (χ4v) is 4.62. The number of likely N-dealkylation sites (tertiary alicyclic amines) is 1. The van der Waals surface area contributed by atoms with Crippen molar-refractivity contribution >= 4 is 22.7 Å². The fourth-order valence-electron chi connectivity index (χ4n) is 4.62. The molecule has 1 aliphatic rings. The predicted molar refractivity (Wildman–Crippen MR) is 134 cm³/mol. The normalized spacial score (nSPS) is 15.7. The number of primary amides is 1. The van der Waals surface area contributed by atoms with Crippen molar-refractivity contribution in [1.29, 1.82) is 0 Å². The molecule has 0 aliphatic carbocycles. The predicted octanol–water partition coefficient (Wildman–Crippen LogP) is 4.17. The number of aryl methyl sites for hydroxylation is 2. The van der Waals surface area contributed by atoms with E-state index in [1.54, 1.807) is 30.3 Å². The van der Waals surface area contributed by atoms with Crippen LogP contribution in [0, 0.1) is 6.92 Å². The molecule has 5 rings (SSSR count). The topological polar surface area (TPSA) is 116 Å². The summed E-state index contributed by atoms with van der Waals surface area (Å²) in [6.45, 7) is 3.07. The van der Waals surface area contributed by atoms with Crippen molar-refractivity contribution in [3.8, 4) is 11.6 Å². The smallest absolute Gasteiger partial charge is 0.248 e. The van der Waals surface area contributed by atoms with Crippen LogP contribution in [0.4, 0.5) is 0 Å². The van der Waals surface area contributed by atoms with Crippen molar-refractivity contribution in [2.75, 3.05) is 6.54 Å². The van der Waals surface area contributed by atoms with Gasteiger partial charge < -0.3 is 15.4 Å². The lowest BCUT2D eigenvalue weighted by atomic mass is 10.0. The van der Waals surface area contributed by atoms with E-state index < -0.39 is 5.91 Å². The van der Waals surface area contributed by atoms with Gasteiger partial charge in [0, 0.05) is 35.7 Å². The van der Waals surface area contributed by atoms with Crippen LogP contribution in [0.3, 0.4) is 0 Å². The number of carbonyl (C=O) groups excluding carboxylic acids is 2. The Morgan fingerprint density at radius 2 is 1.89 bits per heavy atom. The summed E-state index contributed by atoms with van der Waals surface area (Å²) in [5, 5.41) is 5.51. The number of amides is 2. The van der Waals surface area contributed by atoms with Crippen LogP contribution in [0.2, 0.25) is 0 Å². The van der Waals surface area contributed by atoms with Gasteiger partial charge in [-0.15, -0.1) is 0 Å². The van der Waals surface area contributed by atoms with E-state index in [0.29, 0.717) is 42.5 Å². The van der Waals surface area contributed by atoms with Gasteiger partial charge in [-0.1, -0.05) is 18.2 Å². The molecule has 0 spiro atoms. The Labute approximate surface area is 208 Å². The zero-order valence-electron chi connectivity index (χ0n) is 20.1. The Kier molecular flexibility index (Phi) is 6.62. The zero-order valence-corrected chi connectivity index (χ0v) is 20.1. The van der Waals surface area contributed by atoms with Crippen molar-refractivity contribution in [1.82, 2.24) is 24.6 Å². The molecule has 2 aromatic heterocycles. The first-order valence-electron chi connectivity index (χ1n) is 12.1. The molecule has 2 amide bonds. The first-order valence-corrected chi connectivity index (χ1v) is 12.1. The number of fused-ring (bicyclic) bond motifs is 1. The van der Waals surface area contributed by atoms with E-state index in [4.69, 9.17) is 10.5 Å². The average Bonchev–Trinajstić information content (AvgIpc) is 3.30. The standard InChI is InChI=1S/C27H28N6O3/c1-18-16-24(36-21-11-9-19(10-12-21)26(28)35)31-27(30-18)23-8-4-5-14-32(23)25(34)13-15-33-22-7-3-2-6-20(22)17-29-33/h2-3,6-7,9-12,16-17,23H,4-5,8,13-15H2,1H3,(H2,28,35)/t23-/m1/s1. The van der Waals surface area contributed by atoms with Crippen molar-refractivity contribution in [2.45, 2.75) is 45.2 Å². The summed E-state index contributed by atoms with van der Waals surface area (Å²) in [5.74, 6) is 1.08. The molecular formula is C27H28N6O3. The molecule has 2 N–H and O–H groups in total. The molecule has 36 heavy (non-hydrogen) atoms. The van der Waals surface area contributed by atoms with Gasteiger partial charge in [0.2, 0.25) is 17.7 Å². The Bertz CT molecular complexity index is 1400. The quantitative estimate of drug-likeness (QED) is 0.421. The highest BCUT2D eigenvalue weighted by Crippen LogP contribution is 2.31. The molecule has 3 heterocycles. The molecule has 2 aromatic carbocycles. The van der Waals surface area contributed by atoms with E-state index in [-0.39, 0.29) is 11.9 Å². The molecular weight excluding hydrogens is 456 g/mol. The highest BCUT2D eigenvalue weighted by molar-refractivity contribution is 5.92. The van der Waals surface area contributed by atoms with Crippen molar-refractivity contribution in [3.05, 3.63) is 77.9 Å². The molecule has 184 valence electrons. The van der Waals surface area contributed by atoms with Crippen LogP contribution in [0.25, 0.3) is 10.9 Å². The summed E-state index contributed by atoms with van der Waals surface area (Å²) in [6, 6.07) is 16.1. The second kappa shape index (κ2) is 10.2. The Morgan fingerprint density at radius 3 is 2.69 bits per heavy atom.